The maximum atomic E-state index is 2.34. The van der Waals surface area contributed by atoms with Crippen LogP contribution >= 0.6 is 0 Å². The van der Waals surface area contributed by atoms with Crippen LogP contribution in [0.1, 0.15) is 91.4 Å². The zero-order valence-electron chi connectivity index (χ0n) is 17.1. The van der Waals surface area contributed by atoms with Gasteiger partial charge in [-0.2, -0.15) is 0 Å². The van der Waals surface area contributed by atoms with Crippen LogP contribution in [0.25, 0.3) is 0 Å². The topological polar surface area (TPSA) is 0 Å². The first-order chi connectivity index (χ1) is 11.8. The molecule has 0 aliphatic heterocycles. The van der Waals surface area contributed by atoms with E-state index >= 15 is 0 Å². The summed E-state index contributed by atoms with van der Waals surface area (Å²) in [6.45, 7) is 10.7. The number of quaternary nitrogens is 1. The molecule has 0 saturated heterocycles. The van der Waals surface area contributed by atoms with E-state index in [0.717, 1.165) is 4.48 Å². The lowest BCUT2D eigenvalue weighted by molar-refractivity contribution is -0.00000527. The van der Waals surface area contributed by atoms with Gasteiger partial charge >= 0.3 is 0 Å². The fraction of sp³-hybridized carbons (Fsp3) is 0.739. The molecule has 0 radical (unpaired) electrons. The van der Waals surface area contributed by atoms with Crippen LogP contribution in [-0.2, 0) is 0 Å². The molecule has 25 heavy (non-hydrogen) atoms. The molecule has 0 amide bonds. The fourth-order valence-corrected chi connectivity index (χ4v) is 3.86. The number of unbranched alkanes of at least 4 members (excludes halogenated alkanes) is 10. The first kappa shape index (κ1) is 24.7. The zero-order valence-corrected chi connectivity index (χ0v) is 18.7. The van der Waals surface area contributed by atoms with E-state index in [0.29, 0.717) is 0 Å². The van der Waals surface area contributed by atoms with E-state index in [-0.39, 0.29) is 17.0 Å². The average molecular weight is 412 g/mol. The van der Waals surface area contributed by atoms with E-state index in [9.17, 15) is 0 Å². The monoisotopic (exact) mass is 411 g/mol. The molecule has 0 fully saturated rings. The van der Waals surface area contributed by atoms with Gasteiger partial charge in [-0.3, -0.25) is 4.48 Å². The summed E-state index contributed by atoms with van der Waals surface area (Å²) < 4.78 is 1.15. The van der Waals surface area contributed by atoms with Gasteiger partial charge in [0.1, 0.15) is 5.69 Å². The molecule has 1 aromatic carbocycles. The van der Waals surface area contributed by atoms with E-state index in [2.05, 4.69) is 51.1 Å². The van der Waals surface area contributed by atoms with Crippen LogP contribution < -0.4 is 21.5 Å². The Morgan fingerprint density at radius 1 is 0.600 bits per heavy atom. The summed E-state index contributed by atoms with van der Waals surface area (Å²) in [6, 6.07) is 11.1. The van der Waals surface area contributed by atoms with Gasteiger partial charge in [0.05, 0.1) is 19.6 Å². The van der Waals surface area contributed by atoms with Gasteiger partial charge in [-0.05, 0) is 38.8 Å². The summed E-state index contributed by atoms with van der Waals surface area (Å²) in [7, 11) is 0. The van der Waals surface area contributed by atoms with Gasteiger partial charge in [0.25, 0.3) is 0 Å². The molecule has 0 unspecified atom stereocenters. The van der Waals surface area contributed by atoms with Crippen molar-refractivity contribution in [2.75, 3.05) is 19.6 Å². The Hall–Kier alpha value is -0.340. The summed E-state index contributed by atoms with van der Waals surface area (Å²) in [6.07, 6.45) is 15.7. The van der Waals surface area contributed by atoms with Crippen molar-refractivity contribution in [3.05, 3.63) is 30.3 Å². The predicted molar refractivity (Wildman–Crippen MR) is 111 cm³/mol. The van der Waals surface area contributed by atoms with Crippen molar-refractivity contribution in [3.63, 3.8) is 0 Å². The standard InChI is InChI=1S/C23H42N.BrH/c1-4-7-8-9-10-11-12-13-14-15-19-22-24(5-2,6-3)23-20-17-16-18-21-23;/h16-18,20-21H,4-15,19,22H2,1-3H3;1H/q+1;/p-1. The van der Waals surface area contributed by atoms with Crippen molar-refractivity contribution in [1.29, 1.82) is 0 Å². The highest BCUT2D eigenvalue weighted by Crippen LogP contribution is 2.24. The first-order valence-corrected chi connectivity index (χ1v) is 10.7. The van der Waals surface area contributed by atoms with Crippen molar-refractivity contribution in [3.8, 4) is 0 Å². The van der Waals surface area contributed by atoms with Crippen molar-refractivity contribution in [1.82, 2.24) is 4.48 Å². The van der Waals surface area contributed by atoms with Crippen LogP contribution in [0.5, 0.6) is 0 Å². The summed E-state index contributed by atoms with van der Waals surface area (Å²) in [5.74, 6) is 0. The average Bonchev–Trinajstić information content (AvgIpc) is 2.64. The fourth-order valence-electron chi connectivity index (χ4n) is 3.86. The van der Waals surface area contributed by atoms with Crippen LogP contribution in [0.2, 0.25) is 0 Å². The maximum Gasteiger partial charge on any atom is 0.132 e. The molecule has 0 saturated carbocycles. The highest BCUT2D eigenvalue weighted by atomic mass is 79.9. The molecule has 1 rings (SSSR count). The molecule has 0 heterocycles. The minimum atomic E-state index is 0. The van der Waals surface area contributed by atoms with Gasteiger partial charge in [-0.25, -0.2) is 0 Å². The molecule has 0 bridgehead atoms. The van der Waals surface area contributed by atoms with Crippen molar-refractivity contribution >= 4 is 5.69 Å². The maximum absolute atomic E-state index is 2.34. The molecule has 0 aromatic heterocycles. The van der Waals surface area contributed by atoms with Crippen LogP contribution in [-0.4, -0.2) is 19.6 Å². The molecule has 2 heteroatoms. The number of halogens is 1. The summed E-state index contributed by atoms with van der Waals surface area (Å²) >= 11 is 0. The summed E-state index contributed by atoms with van der Waals surface area (Å²) in [5.41, 5.74) is 1.49. The largest absolute Gasteiger partial charge is 1.00 e. The van der Waals surface area contributed by atoms with E-state index in [1.165, 1.54) is 96.0 Å². The SMILES string of the molecule is CCCCCCCCCCCCC[N+](CC)(CC)c1ccccc1.[Br-]. The number of rotatable bonds is 15. The van der Waals surface area contributed by atoms with Crippen LogP contribution in [0.15, 0.2) is 30.3 Å². The third-order valence-electron chi connectivity index (χ3n) is 5.70. The Morgan fingerprint density at radius 3 is 1.48 bits per heavy atom. The van der Waals surface area contributed by atoms with E-state index in [1.807, 2.05) is 0 Å². The van der Waals surface area contributed by atoms with Crippen molar-refractivity contribution in [2.24, 2.45) is 0 Å². The second-order valence-corrected chi connectivity index (χ2v) is 7.37. The van der Waals surface area contributed by atoms with Crippen LogP contribution in [0.3, 0.4) is 0 Å². The smallest absolute Gasteiger partial charge is 0.132 e. The number of nitrogens with zero attached hydrogens (tertiary/aromatic N) is 1. The molecule has 0 aliphatic carbocycles. The summed E-state index contributed by atoms with van der Waals surface area (Å²) in [5, 5.41) is 0. The van der Waals surface area contributed by atoms with Crippen molar-refractivity contribution in [2.45, 2.75) is 91.4 Å². The normalized spacial score (nSPS) is 11.3. The van der Waals surface area contributed by atoms with Gasteiger partial charge in [-0.1, -0.05) is 82.9 Å². The predicted octanol–water partition coefficient (Wildman–Crippen LogP) is 4.35. The van der Waals surface area contributed by atoms with E-state index < -0.39 is 0 Å². The molecular formula is C23H42BrN. The third kappa shape index (κ3) is 9.80. The number of benzene rings is 1. The Kier molecular flexibility index (Phi) is 15.7. The Balaban J connectivity index is 0.00000576. The van der Waals surface area contributed by atoms with Gasteiger partial charge in [0.15, 0.2) is 0 Å². The van der Waals surface area contributed by atoms with Gasteiger partial charge in [0, 0.05) is 0 Å². The van der Waals surface area contributed by atoms with E-state index in [4.69, 9.17) is 0 Å². The minimum absolute atomic E-state index is 0. The third-order valence-corrected chi connectivity index (χ3v) is 5.70. The molecule has 146 valence electrons. The second kappa shape index (κ2) is 15.9. The molecular weight excluding hydrogens is 370 g/mol. The van der Waals surface area contributed by atoms with E-state index in [1.54, 1.807) is 0 Å². The molecule has 0 spiro atoms. The number of para-hydroxylation sites is 1. The highest BCUT2D eigenvalue weighted by molar-refractivity contribution is 5.42. The molecule has 1 aromatic rings. The van der Waals surface area contributed by atoms with Crippen LogP contribution in [0, 0.1) is 0 Å². The number of hydrogen-bond donors (Lipinski definition) is 0. The Bertz CT molecular complexity index is 386. The lowest BCUT2D eigenvalue weighted by Gasteiger charge is -2.36. The second-order valence-electron chi connectivity index (χ2n) is 7.37. The lowest BCUT2D eigenvalue weighted by Crippen LogP contribution is -3.00. The Labute approximate surface area is 168 Å². The highest BCUT2D eigenvalue weighted by Gasteiger charge is 2.25. The molecule has 0 atom stereocenters. The Morgan fingerprint density at radius 2 is 1.04 bits per heavy atom. The van der Waals surface area contributed by atoms with Gasteiger partial charge < -0.3 is 17.0 Å². The van der Waals surface area contributed by atoms with Crippen molar-refractivity contribution < 1.29 is 17.0 Å². The minimum Gasteiger partial charge on any atom is -1.00 e. The molecule has 0 N–H and O–H groups in total. The first-order valence-electron chi connectivity index (χ1n) is 10.7. The number of hydrogen-bond acceptors (Lipinski definition) is 0. The molecule has 1 nitrogen and oxygen atoms in total. The molecule has 0 aliphatic rings. The summed E-state index contributed by atoms with van der Waals surface area (Å²) in [4.78, 5) is 0. The lowest BCUT2D eigenvalue weighted by atomic mass is 10.1. The quantitative estimate of drug-likeness (QED) is 0.297. The zero-order chi connectivity index (χ0) is 17.5. The van der Waals surface area contributed by atoms with Gasteiger partial charge in [-0.15, -0.1) is 0 Å². The van der Waals surface area contributed by atoms with Crippen LogP contribution in [0.4, 0.5) is 5.69 Å². The van der Waals surface area contributed by atoms with Gasteiger partial charge in [0.2, 0.25) is 0 Å².